The minimum absolute atomic E-state index is 0.0221. The van der Waals surface area contributed by atoms with Gasteiger partial charge in [-0.2, -0.15) is 5.10 Å². The highest BCUT2D eigenvalue weighted by Crippen LogP contribution is 2.37. The lowest BCUT2D eigenvalue weighted by Crippen LogP contribution is -2.24. The van der Waals surface area contributed by atoms with Crippen molar-refractivity contribution in [3.05, 3.63) is 39.8 Å². The van der Waals surface area contributed by atoms with E-state index in [1.54, 1.807) is 0 Å². The number of phenolic OH excluding ortho intramolecular Hbond substituents is 1. The maximum atomic E-state index is 13.1. The molecule has 2 aromatic rings. The molecule has 0 atom stereocenters. The van der Waals surface area contributed by atoms with E-state index in [0.717, 1.165) is 4.68 Å². The summed E-state index contributed by atoms with van der Waals surface area (Å²) >= 11 is 3.59. The lowest BCUT2D eigenvalue weighted by molar-refractivity contribution is 0.141. The summed E-state index contributed by atoms with van der Waals surface area (Å²) in [7, 11) is 1.28. The maximum absolute atomic E-state index is 13.1. The second kappa shape index (κ2) is 6.35. The number of aromatic hydroxyl groups is 1. The molecule has 1 N–H and O–H groups in total. The van der Waals surface area contributed by atoms with Crippen molar-refractivity contribution >= 4 is 12.9 Å². The van der Waals surface area contributed by atoms with Crippen molar-refractivity contribution in [3.63, 3.8) is 0 Å². The number of aryl methyl sites for hydroxylation is 2. The summed E-state index contributed by atoms with van der Waals surface area (Å²) in [6.45, 7) is 1.82. The van der Waals surface area contributed by atoms with E-state index in [2.05, 4.69) is 18.0 Å². The Bertz CT molecular complexity index is 762. The second-order valence-electron chi connectivity index (χ2n) is 4.61. The highest BCUT2D eigenvalue weighted by Gasteiger charge is 2.26. The van der Waals surface area contributed by atoms with Gasteiger partial charge < -0.3 is 9.29 Å². The van der Waals surface area contributed by atoms with Gasteiger partial charge in [-0.1, -0.05) is 13.0 Å². The van der Waals surface area contributed by atoms with Crippen LogP contribution in [0.3, 0.4) is 0 Å². The monoisotopic (exact) mass is 328 g/mol. The quantitative estimate of drug-likeness (QED) is 0.669. The van der Waals surface area contributed by atoms with Gasteiger partial charge in [0.15, 0.2) is 11.4 Å². The Morgan fingerprint density at radius 3 is 2.68 bits per heavy atom. The average molecular weight is 328 g/mol. The molecule has 0 aliphatic rings. The third-order valence-corrected chi connectivity index (χ3v) is 3.44. The molecule has 5 nitrogen and oxygen atoms in total. The summed E-state index contributed by atoms with van der Waals surface area (Å²) in [5.41, 5.74) is -0.292. The van der Waals surface area contributed by atoms with E-state index < -0.39 is 17.7 Å². The largest absolute Gasteiger partial charge is 0.508 e. The Balaban J connectivity index is 2.88. The molecule has 0 spiro atoms. The number of aromatic nitrogens is 2. The third kappa shape index (κ3) is 2.78. The third-order valence-electron chi connectivity index (χ3n) is 3.26. The molecule has 1 heterocycles. The summed E-state index contributed by atoms with van der Waals surface area (Å²) in [6, 6.07) is 4.33. The first kappa shape index (κ1) is 16.3. The van der Waals surface area contributed by atoms with Crippen LogP contribution in [-0.4, -0.2) is 14.9 Å². The minimum Gasteiger partial charge on any atom is -0.508 e. The first-order valence-electron chi connectivity index (χ1n) is 6.43. The molecule has 1 aromatic heterocycles. The van der Waals surface area contributed by atoms with Crippen LogP contribution >= 0.6 is 12.9 Å². The molecule has 0 radical (unpaired) electrons. The zero-order chi connectivity index (χ0) is 16.4. The van der Waals surface area contributed by atoms with Gasteiger partial charge in [0.05, 0.1) is 5.56 Å². The number of benzene rings is 1. The molecular formula is C14H14F2N2O3S. The lowest BCUT2D eigenvalue weighted by atomic mass is 9.97. The van der Waals surface area contributed by atoms with Gasteiger partial charge in [-0.3, -0.25) is 4.79 Å². The number of alkyl halides is 2. The molecule has 22 heavy (non-hydrogen) atoms. The summed E-state index contributed by atoms with van der Waals surface area (Å²) in [4.78, 5) is 12.4. The molecule has 0 aliphatic heterocycles. The van der Waals surface area contributed by atoms with E-state index in [1.165, 1.54) is 25.2 Å². The summed E-state index contributed by atoms with van der Waals surface area (Å²) < 4.78 is 31.8. The molecular weight excluding hydrogens is 314 g/mol. The highest BCUT2D eigenvalue weighted by atomic mass is 32.1. The average Bonchev–Trinajstić information content (AvgIpc) is 2.49. The van der Waals surface area contributed by atoms with Crippen molar-refractivity contribution < 1.29 is 18.1 Å². The van der Waals surface area contributed by atoms with Gasteiger partial charge in [0, 0.05) is 20.0 Å². The minimum atomic E-state index is -2.92. The fraction of sp³-hybridized carbons (Fsp3) is 0.286. The van der Waals surface area contributed by atoms with E-state index in [4.69, 9.17) is 4.18 Å². The number of hydrogen-bond acceptors (Lipinski definition) is 5. The number of nitrogens with zero attached hydrogens (tertiary/aromatic N) is 2. The van der Waals surface area contributed by atoms with Crippen molar-refractivity contribution in [2.75, 3.05) is 0 Å². The SMILES string of the molecule is CCc1cc(O)ccc1-c1c(OS)c(C(F)F)nn(C)c1=O. The van der Waals surface area contributed by atoms with E-state index in [0.29, 0.717) is 17.5 Å². The second-order valence-corrected chi connectivity index (χ2v) is 4.79. The Morgan fingerprint density at radius 1 is 1.45 bits per heavy atom. The molecule has 0 amide bonds. The van der Waals surface area contributed by atoms with E-state index in [-0.39, 0.29) is 17.1 Å². The van der Waals surface area contributed by atoms with Gasteiger partial charge >= 0.3 is 0 Å². The highest BCUT2D eigenvalue weighted by molar-refractivity contribution is 7.75. The van der Waals surface area contributed by atoms with Crippen molar-refractivity contribution in [2.45, 2.75) is 19.8 Å². The lowest BCUT2D eigenvalue weighted by Gasteiger charge is -2.15. The molecule has 0 bridgehead atoms. The van der Waals surface area contributed by atoms with Gasteiger partial charge in [-0.15, -0.1) is 0 Å². The van der Waals surface area contributed by atoms with E-state index in [1.807, 2.05) is 6.92 Å². The van der Waals surface area contributed by atoms with Crippen LogP contribution in [-0.2, 0) is 13.5 Å². The first-order chi connectivity index (χ1) is 10.4. The zero-order valence-electron chi connectivity index (χ0n) is 11.9. The molecule has 1 aromatic carbocycles. The number of thiol groups is 1. The summed E-state index contributed by atoms with van der Waals surface area (Å²) in [6.07, 6.45) is -2.43. The van der Waals surface area contributed by atoms with Crippen LogP contribution in [0.4, 0.5) is 8.78 Å². The molecule has 0 aliphatic carbocycles. The molecule has 118 valence electrons. The molecule has 8 heteroatoms. The predicted molar refractivity (Wildman–Crippen MR) is 80.5 cm³/mol. The number of halogens is 2. The summed E-state index contributed by atoms with van der Waals surface area (Å²) in [5, 5.41) is 13.1. The smallest absolute Gasteiger partial charge is 0.285 e. The van der Waals surface area contributed by atoms with Gasteiger partial charge in [0.1, 0.15) is 5.75 Å². The van der Waals surface area contributed by atoms with Crippen LogP contribution in [0, 0.1) is 0 Å². The van der Waals surface area contributed by atoms with Crippen LogP contribution in [0.1, 0.15) is 24.6 Å². The van der Waals surface area contributed by atoms with Crippen LogP contribution in [0.5, 0.6) is 11.5 Å². The fourth-order valence-corrected chi connectivity index (χ4v) is 2.41. The Hall–Kier alpha value is -2.09. The van der Waals surface area contributed by atoms with Crippen molar-refractivity contribution in [2.24, 2.45) is 7.05 Å². The van der Waals surface area contributed by atoms with Gasteiger partial charge in [-0.05, 0) is 29.7 Å². The molecule has 0 fully saturated rings. The molecule has 0 unspecified atom stereocenters. The Kier molecular flexibility index (Phi) is 4.70. The van der Waals surface area contributed by atoms with Crippen LogP contribution in [0.25, 0.3) is 11.1 Å². The van der Waals surface area contributed by atoms with Gasteiger partial charge in [-0.25, -0.2) is 13.5 Å². The van der Waals surface area contributed by atoms with Crippen LogP contribution < -0.4 is 9.74 Å². The topological polar surface area (TPSA) is 64.3 Å². The van der Waals surface area contributed by atoms with Crippen LogP contribution in [0.2, 0.25) is 0 Å². The zero-order valence-corrected chi connectivity index (χ0v) is 12.8. The number of rotatable bonds is 4. The van der Waals surface area contributed by atoms with Crippen molar-refractivity contribution in [1.29, 1.82) is 0 Å². The maximum Gasteiger partial charge on any atom is 0.285 e. The standard InChI is InChI=1S/C14H14F2N2O3S/c1-3-7-6-8(19)4-5-9(7)10-12(21-22)11(13(15)16)17-18(2)14(10)20/h4-6,13,19,22H,3H2,1-2H3. The normalized spacial score (nSPS) is 11.0. The van der Waals surface area contributed by atoms with E-state index in [9.17, 15) is 18.7 Å². The Labute approximate surface area is 130 Å². The van der Waals surface area contributed by atoms with Gasteiger partial charge in [0.2, 0.25) is 0 Å². The van der Waals surface area contributed by atoms with Crippen LogP contribution in [0.15, 0.2) is 23.0 Å². The number of hydrogen-bond donors (Lipinski definition) is 2. The predicted octanol–water partition coefficient (Wildman–Crippen LogP) is 2.88. The first-order valence-corrected chi connectivity index (χ1v) is 6.80. The van der Waals surface area contributed by atoms with Crippen molar-refractivity contribution in [1.82, 2.24) is 9.78 Å². The number of phenols is 1. The van der Waals surface area contributed by atoms with Crippen molar-refractivity contribution in [3.8, 4) is 22.6 Å². The summed E-state index contributed by atoms with van der Waals surface area (Å²) in [5.74, 6) is -0.351. The van der Waals surface area contributed by atoms with E-state index >= 15 is 0 Å². The molecule has 0 saturated heterocycles. The van der Waals surface area contributed by atoms with Gasteiger partial charge in [0.25, 0.3) is 12.0 Å². The molecule has 2 rings (SSSR count). The molecule has 0 saturated carbocycles. The Morgan fingerprint density at radius 2 is 2.14 bits per heavy atom. The fourth-order valence-electron chi connectivity index (χ4n) is 2.23.